The quantitative estimate of drug-likeness (QED) is 0.492. The van der Waals surface area contributed by atoms with Crippen LogP contribution >= 0.6 is 0 Å². The normalized spacial score (nSPS) is 16.8. The first kappa shape index (κ1) is 21.5. The fourth-order valence-corrected chi connectivity index (χ4v) is 4.51. The average molecular weight is 444 g/mol. The second-order valence-electron chi connectivity index (χ2n) is 9.21. The molecular formula is C25H29N7O. The third-order valence-corrected chi connectivity index (χ3v) is 6.19. The van der Waals surface area contributed by atoms with E-state index in [0.717, 1.165) is 53.9 Å². The zero-order valence-electron chi connectivity index (χ0n) is 19.2. The molecular weight excluding hydrogens is 414 g/mol. The molecule has 1 aliphatic rings. The number of hydrogen-bond acceptors (Lipinski definition) is 6. The van der Waals surface area contributed by atoms with E-state index in [2.05, 4.69) is 32.7 Å². The summed E-state index contributed by atoms with van der Waals surface area (Å²) in [7, 11) is 0. The van der Waals surface area contributed by atoms with Gasteiger partial charge in [-0.15, -0.1) is 10.2 Å². The Balaban J connectivity index is 1.52. The molecule has 33 heavy (non-hydrogen) atoms. The van der Waals surface area contributed by atoms with Gasteiger partial charge in [-0.3, -0.25) is 14.1 Å². The molecule has 4 aromatic rings. The van der Waals surface area contributed by atoms with Crippen LogP contribution in [0.1, 0.15) is 41.8 Å². The lowest BCUT2D eigenvalue weighted by atomic mass is 10.0. The Morgan fingerprint density at radius 1 is 1.18 bits per heavy atom. The van der Waals surface area contributed by atoms with Crippen LogP contribution in [0.15, 0.2) is 42.6 Å². The van der Waals surface area contributed by atoms with E-state index in [1.54, 1.807) is 0 Å². The van der Waals surface area contributed by atoms with Crippen LogP contribution in [0.3, 0.4) is 0 Å². The number of carbonyl (C=O) groups excluding carboxylic acids is 1. The Hall–Kier alpha value is -3.36. The maximum Gasteiger partial charge on any atom is 0.251 e. The number of nitrogens with one attached hydrogen (secondary N) is 1. The number of rotatable bonds is 5. The van der Waals surface area contributed by atoms with Gasteiger partial charge in [-0.25, -0.2) is 4.98 Å². The minimum Gasteiger partial charge on any atom is -0.350 e. The molecule has 1 aromatic carbocycles. The van der Waals surface area contributed by atoms with Crippen LogP contribution in [-0.4, -0.2) is 55.6 Å². The number of hydrogen-bond donors (Lipinski definition) is 2. The van der Waals surface area contributed by atoms with E-state index in [1.165, 1.54) is 5.56 Å². The molecule has 1 amide bonds. The van der Waals surface area contributed by atoms with Crippen molar-refractivity contribution in [3.05, 3.63) is 59.3 Å². The topological polar surface area (TPSA) is 101 Å². The fraction of sp³-hybridized carbons (Fsp3) is 0.360. The summed E-state index contributed by atoms with van der Waals surface area (Å²) in [6.45, 7) is 8.63. The molecule has 1 saturated heterocycles. The lowest BCUT2D eigenvalue weighted by Crippen LogP contribution is -2.30. The van der Waals surface area contributed by atoms with Gasteiger partial charge in [0, 0.05) is 48.9 Å². The summed E-state index contributed by atoms with van der Waals surface area (Å²) in [6, 6.07) is 12.2. The third kappa shape index (κ3) is 4.19. The van der Waals surface area contributed by atoms with Gasteiger partial charge in [-0.2, -0.15) is 0 Å². The van der Waals surface area contributed by atoms with Crippen molar-refractivity contribution in [3.63, 3.8) is 0 Å². The molecule has 4 heterocycles. The SMILES string of the molecule is Cc1c(C(=O)NC(C)C)ccc2ccc(-c3nnc4ccc(CN5CCC(N)C5)cn34)nc12. The Morgan fingerprint density at radius 2 is 2.00 bits per heavy atom. The lowest BCUT2D eigenvalue weighted by molar-refractivity contribution is 0.0942. The second kappa shape index (κ2) is 8.53. The molecule has 170 valence electrons. The van der Waals surface area contributed by atoms with Crippen molar-refractivity contribution < 1.29 is 4.79 Å². The number of nitrogens with zero attached hydrogens (tertiary/aromatic N) is 5. The Kier molecular flexibility index (Phi) is 5.55. The van der Waals surface area contributed by atoms with E-state index in [4.69, 9.17) is 10.7 Å². The number of aryl methyl sites for hydroxylation is 1. The maximum absolute atomic E-state index is 12.6. The molecule has 1 fully saturated rings. The van der Waals surface area contributed by atoms with E-state index >= 15 is 0 Å². The number of pyridine rings is 2. The van der Waals surface area contributed by atoms with Gasteiger partial charge < -0.3 is 11.1 Å². The number of amides is 1. The highest BCUT2D eigenvalue weighted by Crippen LogP contribution is 2.25. The van der Waals surface area contributed by atoms with Crippen LogP contribution in [-0.2, 0) is 6.54 Å². The molecule has 1 unspecified atom stereocenters. The predicted octanol–water partition coefficient (Wildman–Crippen LogP) is 2.92. The lowest BCUT2D eigenvalue weighted by Gasteiger charge is -2.15. The number of nitrogens with two attached hydrogens (primary N) is 1. The van der Waals surface area contributed by atoms with E-state index in [1.807, 2.05) is 55.5 Å². The van der Waals surface area contributed by atoms with Crippen LogP contribution in [0.25, 0.3) is 28.1 Å². The standard InChI is InChI=1S/C25H29N7O/c1-15(2)27-25(33)20-7-5-18-6-8-21(28-23(18)16(20)3)24-30-29-22-9-4-17(13-32(22)24)12-31-11-10-19(26)14-31/h4-9,13,15,19H,10-12,14,26H2,1-3H3,(H,27,33). The van der Waals surface area contributed by atoms with E-state index < -0.39 is 0 Å². The largest absolute Gasteiger partial charge is 0.350 e. The minimum atomic E-state index is -0.0872. The molecule has 0 bridgehead atoms. The summed E-state index contributed by atoms with van der Waals surface area (Å²) in [5.74, 6) is 0.596. The highest BCUT2D eigenvalue weighted by Gasteiger charge is 2.20. The van der Waals surface area contributed by atoms with Gasteiger partial charge in [0.25, 0.3) is 5.91 Å². The number of carbonyl (C=O) groups is 1. The van der Waals surface area contributed by atoms with E-state index in [-0.39, 0.29) is 18.0 Å². The van der Waals surface area contributed by atoms with E-state index in [9.17, 15) is 4.79 Å². The zero-order valence-corrected chi connectivity index (χ0v) is 19.2. The summed E-state index contributed by atoms with van der Waals surface area (Å²) in [4.78, 5) is 19.9. The molecule has 3 N–H and O–H groups in total. The first-order chi connectivity index (χ1) is 15.9. The van der Waals surface area contributed by atoms with Crippen molar-refractivity contribution in [2.24, 2.45) is 5.73 Å². The summed E-state index contributed by atoms with van der Waals surface area (Å²) in [5.41, 5.74) is 11.0. The first-order valence-electron chi connectivity index (χ1n) is 11.4. The van der Waals surface area contributed by atoms with Crippen molar-refractivity contribution in [3.8, 4) is 11.5 Å². The van der Waals surface area contributed by atoms with Gasteiger partial charge in [0.15, 0.2) is 11.5 Å². The van der Waals surface area contributed by atoms with Crippen LogP contribution in [0.5, 0.6) is 0 Å². The number of benzene rings is 1. The monoisotopic (exact) mass is 443 g/mol. The smallest absolute Gasteiger partial charge is 0.251 e. The van der Waals surface area contributed by atoms with E-state index in [0.29, 0.717) is 11.4 Å². The third-order valence-electron chi connectivity index (χ3n) is 6.19. The second-order valence-corrected chi connectivity index (χ2v) is 9.21. The summed E-state index contributed by atoms with van der Waals surface area (Å²) >= 11 is 0. The highest BCUT2D eigenvalue weighted by atomic mass is 16.1. The van der Waals surface area contributed by atoms with Crippen molar-refractivity contribution in [1.29, 1.82) is 0 Å². The van der Waals surface area contributed by atoms with Crippen LogP contribution in [0, 0.1) is 6.92 Å². The van der Waals surface area contributed by atoms with Gasteiger partial charge in [-0.05, 0) is 56.5 Å². The number of aromatic nitrogens is 4. The van der Waals surface area contributed by atoms with Crippen molar-refractivity contribution in [1.82, 2.24) is 29.8 Å². The number of fused-ring (bicyclic) bond motifs is 2. The summed E-state index contributed by atoms with van der Waals surface area (Å²) in [6.07, 6.45) is 3.12. The van der Waals surface area contributed by atoms with Crippen LogP contribution < -0.4 is 11.1 Å². The Bertz CT molecular complexity index is 1340. The Labute approximate surface area is 192 Å². The molecule has 0 saturated carbocycles. The zero-order chi connectivity index (χ0) is 23.1. The van der Waals surface area contributed by atoms with Gasteiger partial charge >= 0.3 is 0 Å². The first-order valence-corrected chi connectivity index (χ1v) is 11.4. The average Bonchev–Trinajstić information content (AvgIpc) is 3.39. The minimum absolute atomic E-state index is 0.0692. The number of likely N-dealkylation sites (tertiary alicyclic amines) is 1. The van der Waals surface area contributed by atoms with Crippen molar-refractivity contribution in [2.75, 3.05) is 13.1 Å². The molecule has 1 aliphatic heterocycles. The van der Waals surface area contributed by atoms with Gasteiger partial charge in [-0.1, -0.05) is 18.2 Å². The van der Waals surface area contributed by atoms with Gasteiger partial charge in [0.2, 0.25) is 0 Å². The Morgan fingerprint density at radius 3 is 2.76 bits per heavy atom. The summed E-state index contributed by atoms with van der Waals surface area (Å²) in [5, 5.41) is 12.7. The van der Waals surface area contributed by atoms with Crippen molar-refractivity contribution >= 4 is 22.5 Å². The maximum atomic E-state index is 12.6. The molecule has 0 aliphatic carbocycles. The molecule has 8 nitrogen and oxygen atoms in total. The predicted molar refractivity (Wildman–Crippen MR) is 129 cm³/mol. The summed E-state index contributed by atoms with van der Waals surface area (Å²) < 4.78 is 1.99. The van der Waals surface area contributed by atoms with Crippen molar-refractivity contribution in [2.45, 2.75) is 45.8 Å². The van der Waals surface area contributed by atoms with Crippen LogP contribution in [0.2, 0.25) is 0 Å². The fourth-order valence-electron chi connectivity index (χ4n) is 4.51. The molecule has 0 spiro atoms. The molecule has 3 aromatic heterocycles. The molecule has 1 atom stereocenters. The molecule has 8 heteroatoms. The van der Waals surface area contributed by atoms with Gasteiger partial charge in [0.1, 0.15) is 5.69 Å². The molecule has 0 radical (unpaired) electrons. The highest BCUT2D eigenvalue weighted by molar-refractivity contribution is 6.00. The van der Waals surface area contributed by atoms with Crippen LogP contribution in [0.4, 0.5) is 0 Å². The molecule has 5 rings (SSSR count). The van der Waals surface area contributed by atoms with Gasteiger partial charge in [0.05, 0.1) is 5.52 Å².